The Morgan fingerprint density at radius 2 is 2.00 bits per heavy atom. The van der Waals surface area contributed by atoms with E-state index >= 15 is 0 Å². The lowest BCUT2D eigenvalue weighted by Crippen LogP contribution is -2.48. The fourth-order valence-electron chi connectivity index (χ4n) is 3.41. The number of carbonyl (C=O) groups is 2. The van der Waals surface area contributed by atoms with Crippen molar-refractivity contribution >= 4 is 12.0 Å². The van der Waals surface area contributed by atoms with Crippen LogP contribution in [0.25, 0.3) is 0 Å². The zero-order valence-electron chi connectivity index (χ0n) is 12.9. The van der Waals surface area contributed by atoms with Crippen LogP contribution >= 0.6 is 0 Å². The summed E-state index contributed by atoms with van der Waals surface area (Å²) in [6.07, 6.45) is 4.89. The average Bonchev–Trinajstić information content (AvgIpc) is 2.55. The van der Waals surface area contributed by atoms with E-state index in [0.717, 1.165) is 5.56 Å². The Balaban J connectivity index is 1.57. The van der Waals surface area contributed by atoms with Crippen molar-refractivity contribution in [3.63, 3.8) is 0 Å². The second-order valence-corrected chi connectivity index (χ2v) is 6.32. The molecular formula is C16H21N3O4. The predicted molar refractivity (Wildman–Crippen MR) is 83.1 cm³/mol. The van der Waals surface area contributed by atoms with Gasteiger partial charge in [-0.05, 0) is 43.7 Å². The van der Waals surface area contributed by atoms with E-state index < -0.39 is 5.97 Å². The first-order chi connectivity index (χ1) is 11.0. The topological polar surface area (TPSA) is 102 Å². The van der Waals surface area contributed by atoms with Crippen molar-refractivity contribution in [1.29, 1.82) is 0 Å². The van der Waals surface area contributed by atoms with Crippen molar-refractivity contribution in [2.45, 2.75) is 44.7 Å². The molecule has 0 atom stereocenters. The molecule has 124 valence electrons. The van der Waals surface area contributed by atoms with Gasteiger partial charge in [-0.3, -0.25) is 9.59 Å². The zero-order valence-corrected chi connectivity index (χ0v) is 12.9. The zero-order chi connectivity index (χ0) is 16.4. The van der Waals surface area contributed by atoms with Crippen LogP contribution in [0.1, 0.15) is 36.8 Å². The number of carbonyl (C=O) groups excluding carboxylic acids is 1. The Morgan fingerprint density at radius 3 is 2.70 bits per heavy atom. The first-order valence-corrected chi connectivity index (χ1v) is 8.02. The summed E-state index contributed by atoms with van der Waals surface area (Å²) in [7, 11) is 0. The lowest BCUT2D eigenvalue weighted by Gasteiger charge is -2.32. The standard InChI is InChI=1S/C16H21N3O4/c20-14-13-9-19(8-6-10(13)5-7-17-14)16(23)18-12-3-1-11(2-4-12)15(21)22/h5,7,11-12H,1-4,6,8-9H2,(H,17,20)(H,18,23)(H,21,22). The van der Waals surface area contributed by atoms with E-state index in [4.69, 9.17) is 5.11 Å². The summed E-state index contributed by atoms with van der Waals surface area (Å²) >= 11 is 0. The van der Waals surface area contributed by atoms with Crippen molar-refractivity contribution in [2.24, 2.45) is 5.92 Å². The molecule has 0 spiro atoms. The van der Waals surface area contributed by atoms with Gasteiger partial charge in [-0.2, -0.15) is 0 Å². The number of fused-ring (bicyclic) bond motifs is 1. The van der Waals surface area contributed by atoms with Crippen LogP contribution in [0, 0.1) is 5.92 Å². The number of nitrogens with one attached hydrogen (secondary N) is 2. The second-order valence-electron chi connectivity index (χ2n) is 6.32. The molecule has 0 saturated heterocycles. The van der Waals surface area contributed by atoms with Crippen LogP contribution in [-0.2, 0) is 17.8 Å². The van der Waals surface area contributed by atoms with E-state index in [0.29, 0.717) is 50.8 Å². The molecule has 7 heteroatoms. The number of hydrogen-bond acceptors (Lipinski definition) is 3. The van der Waals surface area contributed by atoms with Gasteiger partial charge in [-0.25, -0.2) is 4.79 Å². The van der Waals surface area contributed by atoms with Gasteiger partial charge in [0, 0.05) is 24.3 Å². The van der Waals surface area contributed by atoms with E-state index in [2.05, 4.69) is 10.3 Å². The second kappa shape index (κ2) is 6.44. The molecule has 2 amide bonds. The fourth-order valence-corrected chi connectivity index (χ4v) is 3.41. The predicted octanol–water partition coefficient (Wildman–Crippen LogP) is 1.09. The molecule has 3 N–H and O–H groups in total. The number of aromatic nitrogens is 1. The molecule has 1 aliphatic carbocycles. The monoisotopic (exact) mass is 319 g/mol. The van der Waals surface area contributed by atoms with Crippen molar-refractivity contribution in [2.75, 3.05) is 6.54 Å². The summed E-state index contributed by atoms with van der Waals surface area (Å²) < 4.78 is 0. The van der Waals surface area contributed by atoms with Gasteiger partial charge in [0.1, 0.15) is 0 Å². The van der Waals surface area contributed by atoms with Crippen LogP contribution in [0.5, 0.6) is 0 Å². The minimum absolute atomic E-state index is 0.0218. The number of carboxylic acid groups (broad SMARTS) is 1. The Kier molecular flexibility index (Phi) is 4.36. The van der Waals surface area contributed by atoms with Crippen LogP contribution in [0.2, 0.25) is 0 Å². The highest BCUT2D eigenvalue weighted by atomic mass is 16.4. The molecule has 0 unspecified atom stereocenters. The molecule has 1 aromatic rings. The van der Waals surface area contributed by atoms with Crippen molar-refractivity contribution in [1.82, 2.24) is 15.2 Å². The molecular weight excluding hydrogens is 298 g/mol. The minimum atomic E-state index is -0.748. The maximum atomic E-state index is 12.4. The highest BCUT2D eigenvalue weighted by Gasteiger charge is 2.29. The molecule has 1 aliphatic heterocycles. The molecule has 1 saturated carbocycles. The summed E-state index contributed by atoms with van der Waals surface area (Å²) in [4.78, 5) is 39.5. The van der Waals surface area contributed by atoms with Gasteiger partial charge in [-0.1, -0.05) is 0 Å². The summed E-state index contributed by atoms with van der Waals surface area (Å²) in [6, 6.07) is 1.74. The lowest BCUT2D eigenvalue weighted by molar-refractivity contribution is -0.142. The first kappa shape index (κ1) is 15.6. The van der Waals surface area contributed by atoms with E-state index in [1.54, 1.807) is 11.1 Å². The number of hydrogen-bond donors (Lipinski definition) is 3. The SMILES string of the molecule is O=C(O)C1CCC(NC(=O)N2CCc3cc[nH]c(=O)c3C2)CC1. The number of rotatable bonds is 2. The molecule has 0 radical (unpaired) electrons. The minimum Gasteiger partial charge on any atom is -0.481 e. The van der Waals surface area contributed by atoms with Crippen molar-refractivity contribution < 1.29 is 14.7 Å². The van der Waals surface area contributed by atoms with Gasteiger partial charge in [0.15, 0.2) is 0 Å². The van der Waals surface area contributed by atoms with E-state index in [1.165, 1.54) is 0 Å². The summed E-state index contributed by atoms with van der Waals surface area (Å²) in [5.74, 6) is -1.04. The quantitative estimate of drug-likeness (QED) is 0.759. The first-order valence-electron chi connectivity index (χ1n) is 8.02. The highest BCUT2D eigenvalue weighted by Crippen LogP contribution is 2.25. The van der Waals surface area contributed by atoms with Crippen LogP contribution in [0.15, 0.2) is 17.1 Å². The number of aromatic amines is 1. The number of amides is 2. The fraction of sp³-hybridized carbons (Fsp3) is 0.562. The average molecular weight is 319 g/mol. The lowest BCUT2D eigenvalue weighted by atomic mass is 9.86. The molecule has 2 heterocycles. The van der Waals surface area contributed by atoms with E-state index in [1.807, 2.05) is 6.07 Å². The van der Waals surface area contributed by atoms with Crippen LogP contribution in [0.4, 0.5) is 4.79 Å². The van der Waals surface area contributed by atoms with Crippen LogP contribution < -0.4 is 10.9 Å². The van der Waals surface area contributed by atoms with Crippen LogP contribution in [0.3, 0.4) is 0 Å². The third kappa shape index (κ3) is 3.38. The number of pyridine rings is 1. The maximum absolute atomic E-state index is 12.4. The van der Waals surface area contributed by atoms with Crippen LogP contribution in [-0.4, -0.2) is 39.6 Å². The Hall–Kier alpha value is -2.31. The Bertz CT molecular complexity index is 662. The highest BCUT2D eigenvalue weighted by molar-refractivity contribution is 5.75. The smallest absolute Gasteiger partial charge is 0.317 e. The van der Waals surface area contributed by atoms with Gasteiger partial charge in [0.2, 0.25) is 0 Å². The Labute approximate surface area is 133 Å². The molecule has 3 rings (SSSR count). The number of carboxylic acids is 1. The number of aliphatic carboxylic acids is 1. The van der Waals surface area contributed by atoms with Gasteiger partial charge < -0.3 is 20.3 Å². The van der Waals surface area contributed by atoms with E-state index in [9.17, 15) is 14.4 Å². The van der Waals surface area contributed by atoms with Gasteiger partial charge in [0.05, 0.1) is 12.5 Å². The van der Waals surface area contributed by atoms with Crippen molar-refractivity contribution in [3.05, 3.63) is 33.7 Å². The van der Waals surface area contributed by atoms with Gasteiger partial charge in [-0.15, -0.1) is 0 Å². The maximum Gasteiger partial charge on any atom is 0.317 e. The summed E-state index contributed by atoms with van der Waals surface area (Å²) in [5, 5.41) is 12.0. The molecule has 1 aromatic heterocycles. The van der Waals surface area contributed by atoms with Crippen molar-refractivity contribution in [3.8, 4) is 0 Å². The van der Waals surface area contributed by atoms with E-state index in [-0.39, 0.29) is 23.6 Å². The van der Waals surface area contributed by atoms with Gasteiger partial charge >= 0.3 is 12.0 Å². The molecule has 0 bridgehead atoms. The molecule has 2 aliphatic rings. The molecule has 7 nitrogen and oxygen atoms in total. The largest absolute Gasteiger partial charge is 0.481 e. The molecule has 23 heavy (non-hydrogen) atoms. The normalized spacial score (nSPS) is 23.9. The molecule has 1 fully saturated rings. The summed E-state index contributed by atoms with van der Waals surface area (Å²) in [6.45, 7) is 0.911. The number of nitrogens with zero attached hydrogens (tertiary/aromatic N) is 1. The number of H-pyrrole nitrogens is 1. The van der Waals surface area contributed by atoms with Gasteiger partial charge in [0.25, 0.3) is 5.56 Å². The number of urea groups is 1. The molecule has 0 aromatic carbocycles. The third-order valence-corrected chi connectivity index (χ3v) is 4.85. The third-order valence-electron chi connectivity index (χ3n) is 4.85. The summed E-state index contributed by atoms with van der Waals surface area (Å²) in [5.41, 5.74) is 1.52. The Morgan fingerprint density at radius 1 is 1.26 bits per heavy atom.